The van der Waals surface area contributed by atoms with Gasteiger partial charge in [-0.1, -0.05) is 29.8 Å². The molecule has 1 saturated heterocycles. The Morgan fingerprint density at radius 3 is 2.59 bits per heavy atom. The number of methoxy groups -OCH3 is 1. The molecule has 1 amide bonds. The van der Waals surface area contributed by atoms with Crippen molar-refractivity contribution in [2.75, 3.05) is 30.9 Å². The number of aryl methyl sites for hydroxylation is 1. The van der Waals surface area contributed by atoms with Gasteiger partial charge < -0.3 is 9.64 Å². The number of rotatable bonds is 9. The average molecular weight is 435 g/mol. The predicted molar refractivity (Wildman–Crippen MR) is 117 cm³/mol. The summed E-state index contributed by atoms with van der Waals surface area (Å²) >= 11 is 1.68. The number of anilines is 1. The van der Waals surface area contributed by atoms with E-state index in [1.165, 1.54) is 30.4 Å². The van der Waals surface area contributed by atoms with Gasteiger partial charge >= 0.3 is 0 Å². The summed E-state index contributed by atoms with van der Waals surface area (Å²) < 4.78 is 33.3. The van der Waals surface area contributed by atoms with E-state index in [2.05, 4.69) is 35.9 Å². The van der Waals surface area contributed by atoms with E-state index >= 15 is 0 Å². The molecule has 0 saturated carbocycles. The number of benzene rings is 2. The Kier molecular flexibility index (Phi) is 7.21. The highest BCUT2D eigenvalue weighted by molar-refractivity contribution is 7.98. The second kappa shape index (κ2) is 9.65. The molecule has 1 aliphatic rings. The Morgan fingerprint density at radius 1 is 1.17 bits per heavy atom. The third-order valence-corrected chi connectivity index (χ3v) is 7.24. The molecule has 1 fully saturated rings. The van der Waals surface area contributed by atoms with E-state index in [4.69, 9.17) is 4.74 Å². The summed E-state index contributed by atoms with van der Waals surface area (Å²) in [6, 6.07) is 12.9. The van der Waals surface area contributed by atoms with Gasteiger partial charge in [-0.3, -0.25) is 4.79 Å². The minimum atomic E-state index is -3.66. The fourth-order valence-electron chi connectivity index (χ4n) is 3.16. The largest absolute Gasteiger partial charge is 0.495 e. The molecule has 0 bridgehead atoms. The molecule has 0 aliphatic carbocycles. The second-order valence-electron chi connectivity index (χ2n) is 6.92. The van der Waals surface area contributed by atoms with E-state index in [1.807, 2.05) is 0 Å². The molecular formula is C21H26N2O4S2. The molecule has 1 N–H and O–H groups in total. The van der Waals surface area contributed by atoms with Gasteiger partial charge in [0.25, 0.3) is 0 Å². The van der Waals surface area contributed by atoms with Gasteiger partial charge in [0.1, 0.15) is 5.75 Å². The number of hydrogen-bond donors (Lipinski definition) is 1. The highest BCUT2D eigenvalue weighted by Crippen LogP contribution is 2.33. The number of amides is 1. The number of carbonyl (C=O) groups excluding carboxylic acids is 1. The standard InChI is InChI=1S/C21H26N2O4S2/c1-16-5-7-17(8-6-16)15-28-13-11-22-29(25,26)18-9-10-20(27-2)19(14-18)23-12-3-4-21(23)24/h5-10,14,22H,3-4,11-13,15H2,1-2H3. The summed E-state index contributed by atoms with van der Waals surface area (Å²) in [6.07, 6.45) is 1.23. The van der Waals surface area contributed by atoms with Crippen LogP contribution in [0.25, 0.3) is 0 Å². The molecule has 8 heteroatoms. The van der Waals surface area contributed by atoms with E-state index in [9.17, 15) is 13.2 Å². The van der Waals surface area contributed by atoms with Crippen LogP contribution in [0.1, 0.15) is 24.0 Å². The molecule has 1 aliphatic heterocycles. The Hall–Kier alpha value is -2.03. The third kappa shape index (κ3) is 5.52. The van der Waals surface area contributed by atoms with Gasteiger partial charge in [-0.15, -0.1) is 0 Å². The van der Waals surface area contributed by atoms with Gasteiger partial charge in [0.05, 0.1) is 17.7 Å². The molecule has 3 rings (SSSR count). The van der Waals surface area contributed by atoms with Crippen LogP contribution in [-0.2, 0) is 20.6 Å². The zero-order valence-electron chi connectivity index (χ0n) is 16.7. The molecule has 156 valence electrons. The first-order chi connectivity index (χ1) is 13.9. The summed E-state index contributed by atoms with van der Waals surface area (Å²) in [4.78, 5) is 13.8. The van der Waals surface area contributed by atoms with Crippen LogP contribution in [0.15, 0.2) is 47.4 Å². The van der Waals surface area contributed by atoms with E-state index in [-0.39, 0.29) is 10.8 Å². The highest BCUT2D eigenvalue weighted by Gasteiger charge is 2.26. The Morgan fingerprint density at radius 2 is 1.93 bits per heavy atom. The lowest BCUT2D eigenvalue weighted by molar-refractivity contribution is -0.117. The number of carbonyl (C=O) groups is 1. The zero-order valence-corrected chi connectivity index (χ0v) is 18.3. The quantitative estimate of drug-likeness (QED) is 0.613. The lowest BCUT2D eigenvalue weighted by Crippen LogP contribution is -2.27. The van der Waals surface area contributed by atoms with Crippen LogP contribution in [0, 0.1) is 6.92 Å². The lowest BCUT2D eigenvalue weighted by Gasteiger charge is -2.20. The van der Waals surface area contributed by atoms with Crippen molar-refractivity contribution in [2.24, 2.45) is 0 Å². The number of hydrogen-bond acceptors (Lipinski definition) is 5. The van der Waals surface area contributed by atoms with Crippen LogP contribution < -0.4 is 14.4 Å². The summed E-state index contributed by atoms with van der Waals surface area (Å²) in [7, 11) is -2.15. The number of sulfonamides is 1. The molecule has 2 aromatic rings. The molecule has 0 radical (unpaired) electrons. The first kappa shape index (κ1) is 21.7. The van der Waals surface area contributed by atoms with Crippen LogP contribution in [0.2, 0.25) is 0 Å². The Balaban J connectivity index is 1.60. The van der Waals surface area contributed by atoms with Crippen molar-refractivity contribution >= 4 is 33.4 Å². The topological polar surface area (TPSA) is 75.7 Å². The van der Waals surface area contributed by atoms with E-state index in [0.717, 1.165) is 12.2 Å². The minimum Gasteiger partial charge on any atom is -0.495 e. The number of nitrogens with one attached hydrogen (secondary N) is 1. The number of thioether (sulfide) groups is 1. The Labute approximate surface area is 176 Å². The van der Waals surface area contributed by atoms with Crippen molar-refractivity contribution in [2.45, 2.75) is 30.4 Å². The molecule has 0 unspecified atom stereocenters. The van der Waals surface area contributed by atoms with E-state index in [1.54, 1.807) is 22.7 Å². The van der Waals surface area contributed by atoms with Crippen LogP contribution in [0.3, 0.4) is 0 Å². The SMILES string of the molecule is COc1ccc(S(=O)(=O)NCCSCc2ccc(C)cc2)cc1N1CCCC1=O. The van der Waals surface area contributed by atoms with Gasteiger partial charge in [0.2, 0.25) is 15.9 Å². The lowest BCUT2D eigenvalue weighted by atomic mass is 10.2. The monoisotopic (exact) mass is 434 g/mol. The summed E-state index contributed by atoms with van der Waals surface area (Å²) in [5.74, 6) is 1.98. The van der Waals surface area contributed by atoms with Crippen molar-refractivity contribution in [1.82, 2.24) is 4.72 Å². The van der Waals surface area contributed by atoms with Gasteiger partial charge in [0.15, 0.2) is 0 Å². The van der Waals surface area contributed by atoms with Crippen molar-refractivity contribution in [3.63, 3.8) is 0 Å². The molecule has 0 atom stereocenters. The fourth-order valence-corrected chi connectivity index (χ4v) is 5.16. The normalized spacial score (nSPS) is 14.4. The average Bonchev–Trinajstić information content (AvgIpc) is 3.14. The van der Waals surface area contributed by atoms with Crippen LogP contribution in [0.5, 0.6) is 5.75 Å². The van der Waals surface area contributed by atoms with Crippen molar-refractivity contribution in [3.05, 3.63) is 53.6 Å². The molecule has 0 spiro atoms. The summed E-state index contributed by atoms with van der Waals surface area (Å²) in [5, 5.41) is 0. The molecule has 0 aromatic heterocycles. The summed E-state index contributed by atoms with van der Waals surface area (Å²) in [5.41, 5.74) is 2.95. The van der Waals surface area contributed by atoms with Crippen LogP contribution in [-0.4, -0.2) is 40.3 Å². The van der Waals surface area contributed by atoms with E-state index in [0.29, 0.717) is 36.7 Å². The second-order valence-corrected chi connectivity index (χ2v) is 9.79. The molecular weight excluding hydrogens is 408 g/mol. The highest BCUT2D eigenvalue weighted by atomic mass is 32.2. The maximum atomic E-state index is 12.7. The van der Waals surface area contributed by atoms with Crippen molar-refractivity contribution in [1.29, 1.82) is 0 Å². The van der Waals surface area contributed by atoms with Crippen LogP contribution in [0.4, 0.5) is 5.69 Å². The van der Waals surface area contributed by atoms with Gasteiger partial charge in [-0.25, -0.2) is 13.1 Å². The molecule has 2 aromatic carbocycles. The zero-order chi connectivity index (χ0) is 20.9. The predicted octanol–water partition coefficient (Wildman–Crippen LogP) is 3.34. The Bertz CT molecular complexity index is 959. The van der Waals surface area contributed by atoms with Gasteiger partial charge in [0, 0.05) is 31.0 Å². The maximum absolute atomic E-state index is 12.7. The maximum Gasteiger partial charge on any atom is 0.240 e. The van der Waals surface area contributed by atoms with Crippen molar-refractivity contribution < 1.29 is 17.9 Å². The fraction of sp³-hybridized carbons (Fsp3) is 0.381. The molecule has 6 nitrogen and oxygen atoms in total. The van der Waals surface area contributed by atoms with E-state index < -0.39 is 10.0 Å². The first-order valence-corrected chi connectivity index (χ1v) is 12.2. The number of ether oxygens (including phenoxy) is 1. The first-order valence-electron chi connectivity index (χ1n) is 9.52. The van der Waals surface area contributed by atoms with Gasteiger partial charge in [-0.2, -0.15) is 11.8 Å². The smallest absolute Gasteiger partial charge is 0.240 e. The van der Waals surface area contributed by atoms with Crippen LogP contribution >= 0.6 is 11.8 Å². The molecule has 1 heterocycles. The minimum absolute atomic E-state index is 0.0155. The summed E-state index contributed by atoms with van der Waals surface area (Å²) in [6.45, 7) is 2.96. The van der Waals surface area contributed by atoms with Gasteiger partial charge in [-0.05, 0) is 37.1 Å². The molecule has 29 heavy (non-hydrogen) atoms. The van der Waals surface area contributed by atoms with Crippen molar-refractivity contribution in [3.8, 4) is 5.75 Å². The number of nitrogens with zero attached hydrogens (tertiary/aromatic N) is 1. The third-order valence-electron chi connectivity index (χ3n) is 4.75.